The van der Waals surface area contributed by atoms with Crippen LogP contribution < -0.4 is 0 Å². The zero-order valence-corrected chi connectivity index (χ0v) is 14.7. The van der Waals surface area contributed by atoms with Crippen LogP contribution in [0.3, 0.4) is 0 Å². The Labute approximate surface area is 98.5 Å². The maximum Gasteiger partial charge on any atom is 0.0943 e. The number of rotatable bonds is 2. The molecular formula is C12H26Si3. The molecule has 86 valence electrons. The Morgan fingerprint density at radius 1 is 0.733 bits per heavy atom. The van der Waals surface area contributed by atoms with E-state index in [9.17, 15) is 0 Å². The minimum Gasteiger partial charge on any atom is -0.0871 e. The van der Waals surface area contributed by atoms with Gasteiger partial charge in [-0.1, -0.05) is 74.2 Å². The van der Waals surface area contributed by atoms with Crippen LogP contribution >= 0.6 is 0 Å². The van der Waals surface area contributed by atoms with Crippen molar-refractivity contribution in [2.75, 3.05) is 0 Å². The zero-order chi connectivity index (χ0) is 12.1. The van der Waals surface area contributed by atoms with Crippen molar-refractivity contribution >= 4 is 24.2 Å². The van der Waals surface area contributed by atoms with Crippen LogP contribution in [0.4, 0.5) is 0 Å². The molecule has 0 aliphatic carbocycles. The van der Waals surface area contributed by atoms with Crippen molar-refractivity contribution in [1.29, 1.82) is 0 Å². The highest BCUT2D eigenvalue weighted by Crippen LogP contribution is 2.39. The summed E-state index contributed by atoms with van der Waals surface area (Å²) in [6.45, 7) is 20.1. The van der Waals surface area contributed by atoms with E-state index in [1.807, 2.05) is 9.64 Å². The van der Waals surface area contributed by atoms with Crippen molar-refractivity contribution in [2.45, 2.75) is 52.4 Å². The molecule has 0 saturated carbocycles. The van der Waals surface area contributed by atoms with Crippen LogP contribution in [0, 0.1) is 0 Å². The van der Waals surface area contributed by atoms with E-state index in [0.29, 0.717) is 0 Å². The number of hydrogen-bond donors (Lipinski definition) is 0. The molecule has 0 aromatic rings. The lowest BCUT2D eigenvalue weighted by atomic mass is 10.6. The molecular weight excluding hydrogens is 228 g/mol. The van der Waals surface area contributed by atoms with Crippen molar-refractivity contribution in [2.24, 2.45) is 0 Å². The van der Waals surface area contributed by atoms with Gasteiger partial charge in [-0.15, -0.1) is 0 Å². The van der Waals surface area contributed by atoms with Crippen LogP contribution in [0.25, 0.3) is 0 Å². The van der Waals surface area contributed by atoms with E-state index in [1.165, 1.54) is 0 Å². The van der Waals surface area contributed by atoms with Gasteiger partial charge in [-0.05, 0) is 0 Å². The Hall–Kier alpha value is 0.131. The molecule has 0 bridgehead atoms. The fourth-order valence-corrected chi connectivity index (χ4v) is 21.7. The second-order valence-electron chi connectivity index (χ2n) is 7.29. The van der Waals surface area contributed by atoms with Crippen molar-refractivity contribution in [1.82, 2.24) is 0 Å². The molecule has 0 nitrogen and oxygen atoms in total. The van der Waals surface area contributed by atoms with E-state index in [4.69, 9.17) is 0 Å². The maximum absolute atomic E-state index is 2.56. The van der Waals surface area contributed by atoms with Gasteiger partial charge in [0, 0.05) is 0 Å². The summed E-state index contributed by atoms with van der Waals surface area (Å²) in [4.78, 5) is 3.74. The van der Waals surface area contributed by atoms with Gasteiger partial charge in [0.2, 0.25) is 0 Å². The van der Waals surface area contributed by atoms with Gasteiger partial charge in [0.1, 0.15) is 0 Å². The van der Waals surface area contributed by atoms with Crippen molar-refractivity contribution in [3.8, 4) is 0 Å². The molecule has 0 aromatic carbocycles. The Balaban J connectivity index is 3.11. The predicted octanol–water partition coefficient (Wildman–Crippen LogP) is 4.39. The largest absolute Gasteiger partial charge is 0.0943 e. The van der Waals surface area contributed by atoms with E-state index in [-0.39, 0.29) is 0 Å². The average Bonchev–Trinajstić information content (AvgIpc) is 2.21. The van der Waals surface area contributed by atoms with Gasteiger partial charge in [0.25, 0.3) is 0 Å². The minimum absolute atomic E-state index is 1.09. The molecule has 0 saturated heterocycles. The third kappa shape index (κ3) is 2.45. The zero-order valence-electron chi connectivity index (χ0n) is 11.7. The standard InChI is InChI=1S/C12H26Si3/c1-13(2,3)11-9-10-12(14(4,5)6)15(11,7)8/h9-10H,1-8H3. The highest BCUT2D eigenvalue weighted by molar-refractivity contribution is 7.16. The van der Waals surface area contributed by atoms with Gasteiger partial charge in [0.05, 0.1) is 24.2 Å². The fraction of sp³-hybridized carbons (Fsp3) is 0.667. The van der Waals surface area contributed by atoms with Crippen molar-refractivity contribution < 1.29 is 0 Å². The maximum atomic E-state index is 2.56. The van der Waals surface area contributed by atoms with Gasteiger partial charge >= 0.3 is 0 Å². The quantitative estimate of drug-likeness (QED) is 0.641. The number of allylic oxidation sites excluding steroid dienone is 2. The summed E-state index contributed by atoms with van der Waals surface area (Å²) < 4.78 is 0. The molecule has 0 unspecified atom stereocenters. The second-order valence-corrected chi connectivity index (χ2v) is 22.7. The highest BCUT2D eigenvalue weighted by atomic mass is 28.4. The van der Waals surface area contributed by atoms with Gasteiger partial charge in [-0.2, -0.15) is 0 Å². The summed E-state index contributed by atoms with van der Waals surface area (Å²) >= 11 is 0. The molecule has 0 N–H and O–H groups in total. The summed E-state index contributed by atoms with van der Waals surface area (Å²) in [6, 6.07) is 0. The summed E-state index contributed by atoms with van der Waals surface area (Å²) in [6.07, 6.45) is 4.98. The summed E-state index contributed by atoms with van der Waals surface area (Å²) in [7, 11) is -3.40. The van der Waals surface area contributed by atoms with Crippen LogP contribution in [-0.4, -0.2) is 24.2 Å². The fourth-order valence-electron chi connectivity index (χ4n) is 3.10. The third-order valence-corrected chi connectivity index (χ3v) is 18.2. The normalized spacial score (nSPS) is 21.3. The molecule has 0 amide bonds. The Bertz CT molecular complexity index is 290. The molecule has 15 heavy (non-hydrogen) atoms. The lowest BCUT2D eigenvalue weighted by Crippen LogP contribution is -2.48. The first-order chi connectivity index (χ1) is 6.47. The highest BCUT2D eigenvalue weighted by Gasteiger charge is 2.43. The first-order valence-electron chi connectivity index (χ1n) is 5.91. The van der Waals surface area contributed by atoms with Gasteiger partial charge < -0.3 is 0 Å². The van der Waals surface area contributed by atoms with Crippen LogP contribution in [0.2, 0.25) is 52.4 Å². The van der Waals surface area contributed by atoms with Crippen molar-refractivity contribution in [3.05, 3.63) is 21.8 Å². The van der Waals surface area contributed by atoms with Crippen LogP contribution in [0.15, 0.2) is 21.8 Å². The lowest BCUT2D eigenvalue weighted by molar-refractivity contribution is 1.65. The smallest absolute Gasteiger partial charge is 0.0871 e. The lowest BCUT2D eigenvalue weighted by Gasteiger charge is -2.37. The first-order valence-corrected chi connectivity index (χ1v) is 15.9. The Morgan fingerprint density at radius 3 is 1.13 bits per heavy atom. The van der Waals surface area contributed by atoms with Gasteiger partial charge in [0.15, 0.2) is 0 Å². The third-order valence-electron chi connectivity index (χ3n) is 3.38. The molecule has 0 aromatic heterocycles. The number of hydrogen-bond acceptors (Lipinski definition) is 0. The minimum atomic E-state index is -1.22. The SMILES string of the molecule is C[Si](C)(C)C1=CC=C([Si](C)(C)C)[Si]1(C)C. The molecule has 1 heterocycles. The van der Waals surface area contributed by atoms with Crippen molar-refractivity contribution in [3.63, 3.8) is 0 Å². The predicted molar refractivity (Wildman–Crippen MR) is 80.3 cm³/mol. The molecule has 1 rings (SSSR count). The van der Waals surface area contributed by atoms with Crippen LogP contribution in [0.1, 0.15) is 0 Å². The molecule has 1 aliphatic heterocycles. The van der Waals surface area contributed by atoms with E-state index in [0.717, 1.165) is 0 Å². The topological polar surface area (TPSA) is 0 Å². The van der Waals surface area contributed by atoms with Gasteiger partial charge in [-0.3, -0.25) is 0 Å². The summed E-state index contributed by atoms with van der Waals surface area (Å²) in [5, 5.41) is 0. The molecule has 0 spiro atoms. The average molecular weight is 255 g/mol. The summed E-state index contributed by atoms with van der Waals surface area (Å²) in [5.74, 6) is 0. The van der Waals surface area contributed by atoms with E-state index < -0.39 is 24.2 Å². The van der Waals surface area contributed by atoms with E-state index >= 15 is 0 Å². The second kappa shape index (κ2) is 3.57. The van der Waals surface area contributed by atoms with Crippen LogP contribution in [0.5, 0.6) is 0 Å². The molecule has 0 radical (unpaired) electrons. The first kappa shape index (κ1) is 13.2. The molecule has 0 atom stereocenters. The van der Waals surface area contributed by atoms with Crippen LogP contribution in [-0.2, 0) is 0 Å². The monoisotopic (exact) mass is 254 g/mol. The molecule has 1 aliphatic rings. The summed E-state index contributed by atoms with van der Waals surface area (Å²) in [5.41, 5.74) is 0. The Morgan fingerprint density at radius 2 is 1.00 bits per heavy atom. The molecule has 3 heteroatoms. The van der Waals surface area contributed by atoms with E-state index in [1.54, 1.807) is 0 Å². The Kier molecular flexibility index (Phi) is 3.14. The molecule has 0 fully saturated rings. The van der Waals surface area contributed by atoms with Gasteiger partial charge in [-0.25, -0.2) is 0 Å². The van der Waals surface area contributed by atoms with E-state index in [2.05, 4.69) is 64.5 Å².